The Balaban J connectivity index is 2.07. The molecule has 0 amide bonds. The van der Waals surface area contributed by atoms with Crippen LogP contribution in [0.3, 0.4) is 0 Å². The largest absolute Gasteiger partial charge is 0.493 e. The Labute approximate surface area is 160 Å². The van der Waals surface area contributed by atoms with Gasteiger partial charge in [0.05, 0.1) is 19.3 Å². The SMILES string of the molecule is CCCCOc1ccc(C(=O)OC(C)c2nc(C(C)(C)C)no2)cc1OC. The molecule has 7 nitrogen and oxygen atoms in total. The zero-order valence-electron chi connectivity index (χ0n) is 16.9. The molecular formula is C20H28N2O5. The molecule has 0 spiro atoms. The number of rotatable bonds is 8. The predicted molar refractivity (Wildman–Crippen MR) is 100 cm³/mol. The highest BCUT2D eigenvalue weighted by atomic mass is 16.6. The summed E-state index contributed by atoms with van der Waals surface area (Å²) in [5.41, 5.74) is 0.115. The molecule has 0 saturated heterocycles. The highest BCUT2D eigenvalue weighted by molar-refractivity contribution is 5.90. The standard InChI is InChI=1S/C20H28N2O5/c1-7-8-11-25-15-10-9-14(12-16(15)24-6)18(23)26-13(2)17-21-19(22-27-17)20(3,4)5/h9-10,12-13H,7-8,11H2,1-6H3. The predicted octanol–water partition coefficient (Wildman–Crippen LogP) is 4.47. The van der Waals surface area contributed by atoms with Gasteiger partial charge in [-0.25, -0.2) is 4.79 Å². The molecule has 0 aliphatic carbocycles. The number of nitrogens with zero attached hydrogens (tertiary/aromatic N) is 2. The van der Waals surface area contributed by atoms with Crippen LogP contribution in [0.4, 0.5) is 0 Å². The van der Waals surface area contributed by atoms with E-state index in [-0.39, 0.29) is 11.3 Å². The summed E-state index contributed by atoms with van der Waals surface area (Å²) in [7, 11) is 1.53. The van der Waals surface area contributed by atoms with Crippen LogP contribution in [-0.2, 0) is 10.2 Å². The molecule has 0 fully saturated rings. The van der Waals surface area contributed by atoms with E-state index in [1.54, 1.807) is 25.1 Å². The van der Waals surface area contributed by atoms with E-state index in [1.807, 2.05) is 20.8 Å². The molecule has 27 heavy (non-hydrogen) atoms. The molecule has 0 aliphatic rings. The number of aromatic nitrogens is 2. The highest BCUT2D eigenvalue weighted by Crippen LogP contribution is 2.29. The molecule has 0 N–H and O–H groups in total. The molecule has 1 aromatic carbocycles. The second-order valence-corrected chi connectivity index (χ2v) is 7.32. The van der Waals surface area contributed by atoms with E-state index in [0.717, 1.165) is 12.8 Å². The second kappa shape index (κ2) is 8.88. The summed E-state index contributed by atoms with van der Waals surface area (Å²) in [6.45, 7) is 10.3. The van der Waals surface area contributed by atoms with Gasteiger partial charge in [-0.3, -0.25) is 0 Å². The van der Waals surface area contributed by atoms with Crippen molar-refractivity contribution >= 4 is 5.97 Å². The third-order valence-corrected chi connectivity index (χ3v) is 3.90. The van der Waals surface area contributed by atoms with Crippen molar-refractivity contribution in [3.63, 3.8) is 0 Å². The summed E-state index contributed by atoms with van der Waals surface area (Å²) >= 11 is 0. The summed E-state index contributed by atoms with van der Waals surface area (Å²) in [4.78, 5) is 16.8. The molecule has 2 aromatic rings. The van der Waals surface area contributed by atoms with Crippen LogP contribution in [0.5, 0.6) is 11.5 Å². The van der Waals surface area contributed by atoms with Crippen LogP contribution in [0.15, 0.2) is 22.7 Å². The van der Waals surface area contributed by atoms with E-state index < -0.39 is 12.1 Å². The maximum atomic E-state index is 12.5. The minimum Gasteiger partial charge on any atom is -0.493 e. The smallest absolute Gasteiger partial charge is 0.339 e. The van der Waals surface area contributed by atoms with Crippen molar-refractivity contribution in [1.82, 2.24) is 10.1 Å². The molecule has 148 valence electrons. The van der Waals surface area contributed by atoms with Gasteiger partial charge in [-0.2, -0.15) is 4.98 Å². The van der Waals surface area contributed by atoms with Gasteiger partial charge in [0.25, 0.3) is 5.89 Å². The number of benzene rings is 1. The van der Waals surface area contributed by atoms with Crippen molar-refractivity contribution in [2.24, 2.45) is 0 Å². The van der Waals surface area contributed by atoms with Gasteiger partial charge in [-0.1, -0.05) is 39.3 Å². The lowest BCUT2D eigenvalue weighted by atomic mass is 9.96. The van der Waals surface area contributed by atoms with Crippen LogP contribution in [0.25, 0.3) is 0 Å². The Morgan fingerprint density at radius 3 is 2.59 bits per heavy atom. The van der Waals surface area contributed by atoms with Crippen molar-refractivity contribution in [3.05, 3.63) is 35.5 Å². The average Bonchev–Trinajstić information content (AvgIpc) is 3.12. The van der Waals surface area contributed by atoms with E-state index in [2.05, 4.69) is 17.1 Å². The second-order valence-electron chi connectivity index (χ2n) is 7.32. The van der Waals surface area contributed by atoms with Gasteiger partial charge < -0.3 is 18.7 Å². The molecule has 1 aromatic heterocycles. The van der Waals surface area contributed by atoms with Crippen LogP contribution >= 0.6 is 0 Å². The number of ether oxygens (including phenoxy) is 3. The zero-order chi connectivity index (χ0) is 20.0. The fourth-order valence-electron chi connectivity index (χ4n) is 2.22. The van der Waals surface area contributed by atoms with Gasteiger partial charge in [-0.05, 0) is 31.5 Å². The number of unbranched alkanes of at least 4 members (excludes halogenated alkanes) is 1. The minimum absolute atomic E-state index is 0.244. The fraction of sp³-hybridized carbons (Fsp3) is 0.550. The summed E-state index contributed by atoms with van der Waals surface area (Å²) in [6, 6.07) is 4.96. The van der Waals surface area contributed by atoms with Crippen molar-refractivity contribution in [2.45, 2.75) is 59.0 Å². The molecule has 1 unspecified atom stereocenters. The zero-order valence-corrected chi connectivity index (χ0v) is 16.9. The van der Waals surface area contributed by atoms with E-state index in [9.17, 15) is 4.79 Å². The van der Waals surface area contributed by atoms with E-state index in [0.29, 0.717) is 29.5 Å². The fourth-order valence-corrected chi connectivity index (χ4v) is 2.22. The Kier molecular flexibility index (Phi) is 6.82. The molecule has 0 saturated carbocycles. The minimum atomic E-state index is -0.660. The normalized spacial score (nSPS) is 12.5. The maximum Gasteiger partial charge on any atom is 0.339 e. The Morgan fingerprint density at radius 1 is 1.26 bits per heavy atom. The molecule has 0 aliphatic heterocycles. The number of methoxy groups -OCH3 is 1. The number of hydrogen-bond donors (Lipinski definition) is 0. The molecule has 0 radical (unpaired) electrons. The first-order valence-corrected chi connectivity index (χ1v) is 9.12. The summed E-state index contributed by atoms with van der Waals surface area (Å²) < 4.78 is 21.7. The molecular weight excluding hydrogens is 348 g/mol. The average molecular weight is 376 g/mol. The number of esters is 1. The monoisotopic (exact) mass is 376 g/mol. The molecule has 1 heterocycles. The maximum absolute atomic E-state index is 12.5. The Morgan fingerprint density at radius 2 is 2.00 bits per heavy atom. The number of carbonyl (C=O) groups is 1. The van der Waals surface area contributed by atoms with Crippen LogP contribution in [0.1, 0.15) is 75.6 Å². The quantitative estimate of drug-likeness (QED) is 0.496. The molecule has 7 heteroatoms. The van der Waals surface area contributed by atoms with Crippen molar-refractivity contribution in [2.75, 3.05) is 13.7 Å². The van der Waals surface area contributed by atoms with Gasteiger partial charge in [0.1, 0.15) is 0 Å². The third-order valence-electron chi connectivity index (χ3n) is 3.90. The summed E-state index contributed by atoms with van der Waals surface area (Å²) in [6.07, 6.45) is 1.33. The van der Waals surface area contributed by atoms with Gasteiger partial charge in [0, 0.05) is 5.41 Å². The van der Waals surface area contributed by atoms with Crippen molar-refractivity contribution in [3.8, 4) is 11.5 Å². The first-order chi connectivity index (χ1) is 12.8. The third kappa shape index (κ3) is 5.45. The molecule has 2 rings (SSSR count). The number of carbonyl (C=O) groups excluding carboxylic acids is 1. The van der Waals surface area contributed by atoms with Crippen LogP contribution in [0, 0.1) is 0 Å². The van der Waals surface area contributed by atoms with Crippen molar-refractivity contribution < 1.29 is 23.5 Å². The van der Waals surface area contributed by atoms with Crippen LogP contribution in [-0.4, -0.2) is 29.8 Å². The lowest BCUT2D eigenvalue weighted by molar-refractivity contribution is 0.0265. The highest BCUT2D eigenvalue weighted by Gasteiger charge is 2.25. The van der Waals surface area contributed by atoms with Gasteiger partial charge >= 0.3 is 5.97 Å². The first kappa shape index (κ1) is 20.7. The van der Waals surface area contributed by atoms with E-state index in [4.69, 9.17) is 18.7 Å². The Hall–Kier alpha value is -2.57. The summed E-state index contributed by atoms with van der Waals surface area (Å²) in [5, 5.41) is 3.95. The van der Waals surface area contributed by atoms with Gasteiger partial charge in [0.2, 0.25) is 0 Å². The molecule has 0 bridgehead atoms. The lowest BCUT2D eigenvalue weighted by Gasteiger charge is -2.13. The van der Waals surface area contributed by atoms with Gasteiger partial charge in [0.15, 0.2) is 23.4 Å². The van der Waals surface area contributed by atoms with E-state index >= 15 is 0 Å². The number of hydrogen-bond acceptors (Lipinski definition) is 7. The summed E-state index contributed by atoms with van der Waals surface area (Å²) in [5.74, 6) is 1.41. The topological polar surface area (TPSA) is 83.7 Å². The first-order valence-electron chi connectivity index (χ1n) is 9.12. The van der Waals surface area contributed by atoms with E-state index in [1.165, 1.54) is 7.11 Å². The van der Waals surface area contributed by atoms with Crippen LogP contribution in [0.2, 0.25) is 0 Å². The lowest BCUT2D eigenvalue weighted by Crippen LogP contribution is -2.14. The van der Waals surface area contributed by atoms with Gasteiger partial charge in [-0.15, -0.1) is 0 Å². The molecule has 1 atom stereocenters. The van der Waals surface area contributed by atoms with Crippen LogP contribution < -0.4 is 9.47 Å². The van der Waals surface area contributed by atoms with Crippen molar-refractivity contribution in [1.29, 1.82) is 0 Å². The Bertz CT molecular complexity index is 764.